The van der Waals surface area contributed by atoms with Crippen LogP contribution in [-0.4, -0.2) is 29.2 Å². The summed E-state index contributed by atoms with van der Waals surface area (Å²) in [6, 6.07) is 1.97. The number of nitrogens with zero attached hydrogens (tertiary/aromatic N) is 2. The highest BCUT2D eigenvalue weighted by molar-refractivity contribution is 5.34. The van der Waals surface area contributed by atoms with E-state index in [1.54, 1.807) is 6.33 Å². The van der Waals surface area contributed by atoms with Crippen LogP contribution in [0.2, 0.25) is 0 Å². The predicted octanol–water partition coefficient (Wildman–Crippen LogP) is 1.88. The smallest absolute Gasteiger partial charge is 0.129 e. The largest absolute Gasteiger partial charge is 0.377 e. The topological polar surface area (TPSA) is 47.0 Å². The molecule has 0 aliphatic rings. The third-order valence-corrected chi connectivity index (χ3v) is 2.11. The second kappa shape index (κ2) is 6.35. The maximum Gasteiger partial charge on any atom is 0.129 e. The number of nitrogens with one attached hydrogen (secondary N) is 1. The first-order valence-corrected chi connectivity index (χ1v) is 5.42. The molecule has 1 aromatic rings. The van der Waals surface area contributed by atoms with Crippen LogP contribution >= 0.6 is 0 Å². The van der Waals surface area contributed by atoms with Gasteiger partial charge in [-0.1, -0.05) is 6.92 Å². The van der Waals surface area contributed by atoms with Crippen LogP contribution in [0.25, 0.3) is 0 Å². The summed E-state index contributed by atoms with van der Waals surface area (Å²) < 4.78 is 5.41. The molecule has 84 valence electrons. The normalized spacial score (nSPS) is 12.5. The molecule has 1 atom stereocenters. The Hall–Kier alpha value is -1.16. The molecule has 1 heterocycles. The first-order valence-electron chi connectivity index (χ1n) is 5.42. The molecule has 0 saturated heterocycles. The molecule has 0 aromatic carbocycles. The number of aromatic nitrogens is 2. The SMILES string of the molecule is CCOC(C)CNc1cc(CC)ncn1. The zero-order valence-corrected chi connectivity index (χ0v) is 9.66. The van der Waals surface area contributed by atoms with Crippen molar-refractivity contribution < 1.29 is 4.74 Å². The van der Waals surface area contributed by atoms with Crippen LogP contribution in [0.5, 0.6) is 0 Å². The van der Waals surface area contributed by atoms with Gasteiger partial charge in [0.1, 0.15) is 12.1 Å². The molecule has 0 aliphatic heterocycles. The number of aryl methyl sites for hydroxylation is 1. The Labute approximate surface area is 91.1 Å². The molecular formula is C11H19N3O. The van der Waals surface area contributed by atoms with E-state index in [1.807, 2.05) is 19.9 Å². The Morgan fingerprint density at radius 3 is 2.87 bits per heavy atom. The molecule has 0 amide bonds. The van der Waals surface area contributed by atoms with Gasteiger partial charge in [0.25, 0.3) is 0 Å². The minimum atomic E-state index is 0.204. The van der Waals surface area contributed by atoms with Gasteiger partial charge in [0.05, 0.1) is 6.10 Å². The maximum atomic E-state index is 5.41. The number of rotatable bonds is 6. The summed E-state index contributed by atoms with van der Waals surface area (Å²) in [6.45, 7) is 7.63. The fourth-order valence-corrected chi connectivity index (χ4v) is 1.28. The first kappa shape index (κ1) is 11.9. The molecule has 0 saturated carbocycles. The van der Waals surface area contributed by atoms with E-state index in [-0.39, 0.29) is 6.10 Å². The van der Waals surface area contributed by atoms with Gasteiger partial charge in [0.15, 0.2) is 0 Å². The van der Waals surface area contributed by atoms with E-state index in [0.29, 0.717) is 0 Å². The van der Waals surface area contributed by atoms with E-state index in [0.717, 1.165) is 31.1 Å². The molecule has 0 radical (unpaired) electrons. The third kappa shape index (κ3) is 4.25. The van der Waals surface area contributed by atoms with Gasteiger partial charge in [-0.25, -0.2) is 9.97 Å². The Kier molecular flexibility index (Phi) is 5.04. The van der Waals surface area contributed by atoms with Gasteiger partial charge in [-0.3, -0.25) is 0 Å². The molecule has 1 unspecified atom stereocenters. The van der Waals surface area contributed by atoms with E-state index in [4.69, 9.17) is 4.74 Å². The molecule has 0 aliphatic carbocycles. The minimum absolute atomic E-state index is 0.204. The summed E-state index contributed by atoms with van der Waals surface area (Å²) in [4.78, 5) is 8.28. The molecule has 0 spiro atoms. The number of ether oxygens (including phenoxy) is 1. The lowest BCUT2D eigenvalue weighted by Gasteiger charge is -2.12. The molecule has 1 rings (SSSR count). The van der Waals surface area contributed by atoms with Crippen molar-refractivity contribution in [1.82, 2.24) is 9.97 Å². The second-order valence-corrected chi connectivity index (χ2v) is 3.39. The van der Waals surface area contributed by atoms with E-state index in [9.17, 15) is 0 Å². The number of anilines is 1. The fraction of sp³-hybridized carbons (Fsp3) is 0.636. The summed E-state index contributed by atoms with van der Waals surface area (Å²) in [5.41, 5.74) is 1.05. The standard InChI is InChI=1S/C11H19N3O/c1-4-10-6-11(14-8-13-10)12-7-9(3)15-5-2/h6,8-9H,4-5,7H2,1-3H3,(H,12,13,14). The van der Waals surface area contributed by atoms with Crippen molar-refractivity contribution in [3.63, 3.8) is 0 Å². The average Bonchev–Trinajstić information content (AvgIpc) is 2.27. The highest BCUT2D eigenvalue weighted by atomic mass is 16.5. The Morgan fingerprint density at radius 2 is 2.20 bits per heavy atom. The average molecular weight is 209 g/mol. The van der Waals surface area contributed by atoms with Gasteiger partial charge < -0.3 is 10.1 Å². The zero-order chi connectivity index (χ0) is 11.1. The van der Waals surface area contributed by atoms with Crippen LogP contribution in [0, 0.1) is 0 Å². The lowest BCUT2D eigenvalue weighted by molar-refractivity contribution is 0.0855. The van der Waals surface area contributed by atoms with Gasteiger partial charge in [0, 0.05) is 24.9 Å². The van der Waals surface area contributed by atoms with Gasteiger partial charge in [0.2, 0.25) is 0 Å². The van der Waals surface area contributed by atoms with Crippen molar-refractivity contribution in [3.8, 4) is 0 Å². The van der Waals surface area contributed by atoms with Gasteiger partial charge in [-0.05, 0) is 20.3 Å². The number of hydrogen-bond donors (Lipinski definition) is 1. The van der Waals surface area contributed by atoms with E-state index in [1.165, 1.54) is 0 Å². The van der Waals surface area contributed by atoms with Crippen LogP contribution in [0.3, 0.4) is 0 Å². The van der Waals surface area contributed by atoms with Gasteiger partial charge in [-0.2, -0.15) is 0 Å². The van der Waals surface area contributed by atoms with E-state index >= 15 is 0 Å². The monoisotopic (exact) mass is 209 g/mol. The van der Waals surface area contributed by atoms with E-state index in [2.05, 4.69) is 22.2 Å². The van der Waals surface area contributed by atoms with Crippen molar-refractivity contribution in [2.24, 2.45) is 0 Å². The molecular weight excluding hydrogens is 190 g/mol. The van der Waals surface area contributed by atoms with Crippen molar-refractivity contribution in [2.45, 2.75) is 33.3 Å². The fourth-order valence-electron chi connectivity index (χ4n) is 1.28. The summed E-state index contributed by atoms with van der Waals surface area (Å²) in [5, 5.41) is 3.23. The van der Waals surface area contributed by atoms with Crippen molar-refractivity contribution in [1.29, 1.82) is 0 Å². The molecule has 15 heavy (non-hydrogen) atoms. The van der Waals surface area contributed by atoms with Crippen LogP contribution in [-0.2, 0) is 11.2 Å². The Balaban J connectivity index is 2.43. The highest BCUT2D eigenvalue weighted by Crippen LogP contribution is 2.04. The summed E-state index contributed by atoms with van der Waals surface area (Å²) >= 11 is 0. The summed E-state index contributed by atoms with van der Waals surface area (Å²) in [6.07, 6.45) is 2.72. The highest BCUT2D eigenvalue weighted by Gasteiger charge is 2.01. The molecule has 4 heteroatoms. The molecule has 0 bridgehead atoms. The number of hydrogen-bond acceptors (Lipinski definition) is 4. The van der Waals surface area contributed by atoms with Gasteiger partial charge in [-0.15, -0.1) is 0 Å². The van der Waals surface area contributed by atoms with Crippen molar-refractivity contribution in [2.75, 3.05) is 18.5 Å². The molecule has 1 aromatic heterocycles. The summed E-state index contributed by atoms with van der Waals surface area (Å²) in [5.74, 6) is 0.869. The first-order chi connectivity index (χ1) is 7.26. The lowest BCUT2D eigenvalue weighted by atomic mass is 10.3. The Bertz CT molecular complexity index is 291. The lowest BCUT2D eigenvalue weighted by Crippen LogP contribution is -2.20. The van der Waals surface area contributed by atoms with Crippen LogP contribution < -0.4 is 5.32 Å². The molecule has 4 nitrogen and oxygen atoms in total. The van der Waals surface area contributed by atoms with Gasteiger partial charge >= 0.3 is 0 Å². The van der Waals surface area contributed by atoms with Crippen molar-refractivity contribution in [3.05, 3.63) is 18.1 Å². The Morgan fingerprint density at radius 1 is 1.40 bits per heavy atom. The van der Waals surface area contributed by atoms with Crippen LogP contribution in [0.15, 0.2) is 12.4 Å². The minimum Gasteiger partial charge on any atom is -0.377 e. The zero-order valence-electron chi connectivity index (χ0n) is 9.66. The van der Waals surface area contributed by atoms with E-state index < -0.39 is 0 Å². The third-order valence-electron chi connectivity index (χ3n) is 2.11. The molecule has 0 fully saturated rings. The second-order valence-electron chi connectivity index (χ2n) is 3.39. The quantitative estimate of drug-likeness (QED) is 0.777. The molecule has 1 N–H and O–H groups in total. The van der Waals surface area contributed by atoms with Crippen LogP contribution in [0.1, 0.15) is 26.5 Å². The summed E-state index contributed by atoms with van der Waals surface area (Å²) in [7, 11) is 0. The van der Waals surface area contributed by atoms with Crippen molar-refractivity contribution >= 4 is 5.82 Å². The maximum absolute atomic E-state index is 5.41. The predicted molar refractivity (Wildman–Crippen MR) is 61.0 cm³/mol. The van der Waals surface area contributed by atoms with Crippen LogP contribution in [0.4, 0.5) is 5.82 Å².